The fourth-order valence-electron chi connectivity index (χ4n) is 4.10. The van der Waals surface area contributed by atoms with E-state index in [1.54, 1.807) is 24.3 Å². The van der Waals surface area contributed by atoms with E-state index >= 15 is 0 Å². The maximum absolute atomic E-state index is 13.0. The molecule has 0 N–H and O–H groups in total. The van der Waals surface area contributed by atoms with Crippen LogP contribution >= 0.6 is 35.0 Å². The summed E-state index contributed by atoms with van der Waals surface area (Å²) < 4.78 is 11.9. The third-order valence-electron chi connectivity index (χ3n) is 5.99. The van der Waals surface area contributed by atoms with Gasteiger partial charge in [-0.2, -0.15) is 0 Å². The maximum atomic E-state index is 13.0. The second-order valence-corrected chi connectivity index (χ2v) is 10.4. The summed E-state index contributed by atoms with van der Waals surface area (Å²) in [6.07, 6.45) is 1.68. The number of benzene rings is 4. The Morgan fingerprint density at radius 1 is 0.868 bits per heavy atom. The number of hydrogen-bond donors (Lipinski definition) is 0. The second kappa shape index (κ2) is 11.5. The molecule has 0 aromatic heterocycles. The third-order valence-corrected chi connectivity index (χ3v) is 7.49. The lowest BCUT2D eigenvalue weighted by Crippen LogP contribution is -2.27. The van der Waals surface area contributed by atoms with Crippen molar-refractivity contribution in [1.82, 2.24) is 4.90 Å². The lowest BCUT2D eigenvalue weighted by Gasteiger charge is -2.14. The molecule has 0 bridgehead atoms. The molecule has 0 saturated carbocycles. The van der Waals surface area contributed by atoms with Crippen molar-refractivity contribution in [1.29, 1.82) is 0 Å². The molecule has 4 aromatic carbocycles. The summed E-state index contributed by atoms with van der Waals surface area (Å²) in [6.45, 7) is 2.81. The number of amides is 2. The van der Waals surface area contributed by atoms with Gasteiger partial charge in [0, 0.05) is 10.0 Å². The quantitative estimate of drug-likeness (QED) is 0.201. The highest BCUT2D eigenvalue weighted by Crippen LogP contribution is 2.36. The van der Waals surface area contributed by atoms with Crippen LogP contribution < -0.4 is 9.47 Å². The van der Waals surface area contributed by atoms with E-state index in [2.05, 4.69) is 24.3 Å². The molecule has 1 saturated heterocycles. The molecule has 1 aliphatic rings. The Labute approximate surface area is 234 Å². The number of carbonyl (C=O) groups excluding carboxylic acids is 2. The van der Waals surface area contributed by atoms with Crippen molar-refractivity contribution >= 4 is 63.0 Å². The lowest BCUT2D eigenvalue weighted by molar-refractivity contribution is -0.123. The van der Waals surface area contributed by atoms with Crippen LogP contribution in [0.25, 0.3) is 16.8 Å². The minimum absolute atomic E-state index is 0.0732. The molecule has 0 aliphatic carbocycles. The summed E-state index contributed by atoms with van der Waals surface area (Å²) in [5, 5.41) is 2.87. The first-order chi connectivity index (χ1) is 18.4. The lowest BCUT2D eigenvalue weighted by atomic mass is 10.1. The van der Waals surface area contributed by atoms with Gasteiger partial charge < -0.3 is 9.47 Å². The zero-order valence-electron chi connectivity index (χ0n) is 20.4. The predicted molar refractivity (Wildman–Crippen MR) is 154 cm³/mol. The smallest absolute Gasteiger partial charge is 0.293 e. The normalized spacial score (nSPS) is 14.5. The molecule has 0 spiro atoms. The Hall–Kier alpha value is -3.45. The van der Waals surface area contributed by atoms with E-state index in [9.17, 15) is 9.59 Å². The highest BCUT2D eigenvalue weighted by Gasteiger charge is 2.35. The van der Waals surface area contributed by atoms with Gasteiger partial charge in [-0.1, -0.05) is 71.7 Å². The molecule has 1 heterocycles. The van der Waals surface area contributed by atoms with Crippen molar-refractivity contribution in [2.75, 3.05) is 6.61 Å². The largest absolute Gasteiger partial charge is 0.490 e. The average molecular weight is 564 g/mol. The van der Waals surface area contributed by atoms with Gasteiger partial charge in [-0.3, -0.25) is 14.5 Å². The first-order valence-electron chi connectivity index (χ1n) is 12.0. The zero-order valence-corrected chi connectivity index (χ0v) is 22.8. The van der Waals surface area contributed by atoms with Gasteiger partial charge in [0.1, 0.15) is 6.61 Å². The van der Waals surface area contributed by atoms with Crippen LogP contribution in [-0.4, -0.2) is 22.7 Å². The van der Waals surface area contributed by atoms with Crippen LogP contribution in [0.5, 0.6) is 11.5 Å². The number of thioether (sulfide) groups is 1. The average Bonchev–Trinajstić information content (AvgIpc) is 3.17. The molecule has 0 atom stereocenters. The summed E-state index contributed by atoms with van der Waals surface area (Å²) in [6, 6.07) is 24.9. The molecule has 4 aromatic rings. The number of ether oxygens (including phenoxy) is 2. The van der Waals surface area contributed by atoms with Gasteiger partial charge in [0.2, 0.25) is 0 Å². The van der Waals surface area contributed by atoms with E-state index < -0.39 is 0 Å². The number of fused-ring (bicyclic) bond motifs is 1. The summed E-state index contributed by atoms with van der Waals surface area (Å²) in [4.78, 5) is 27.1. The first-order valence-corrected chi connectivity index (χ1v) is 13.5. The standard InChI is InChI=1S/C30H23Cl2NO4S/c1-2-36-27-14-19(8-12-26(27)37-18-20-7-9-21-5-3-4-6-22(21)13-20)15-28-29(34)33(30(35)38-28)17-23-10-11-24(31)16-25(23)32/h3-16H,2,17-18H2,1H3/b28-15+. The van der Waals surface area contributed by atoms with E-state index in [0.717, 1.165) is 28.3 Å². The van der Waals surface area contributed by atoms with Crippen molar-refractivity contribution in [3.63, 3.8) is 0 Å². The molecule has 5 nitrogen and oxygen atoms in total. The van der Waals surface area contributed by atoms with Crippen LogP contribution in [-0.2, 0) is 17.9 Å². The van der Waals surface area contributed by atoms with E-state index in [0.29, 0.717) is 45.2 Å². The van der Waals surface area contributed by atoms with E-state index in [-0.39, 0.29) is 17.7 Å². The van der Waals surface area contributed by atoms with Gasteiger partial charge in [0.05, 0.1) is 18.1 Å². The Bertz CT molecular complexity index is 1570. The van der Waals surface area contributed by atoms with Gasteiger partial charge in [0.15, 0.2) is 11.5 Å². The minimum Gasteiger partial charge on any atom is -0.490 e. The van der Waals surface area contributed by atoms with E-state index in [1.807, 2.05) is 43.3 Å². The predicted octanol–water partition coefficient (Wildman–Crippen LogP) is 8.36. The van der Waals surface area contributed by atoms with Crippen molar-refractivity contribution in [3.05, 3.63) is 111 Å². The van der Waals surface area contributed by atoms with Gasteiger partial charge in [-0.25, -0.2) is 0 Å². The molecule has 0 radical (unpaired) electrons. The molecule has 0 unspecified atom stereocenters. The van der Waals surface area contributed by atoms with Crippen LogP contribution in [0.4, 0.5) is 4.79 Å². The van der Waals surface area contributed by atoms with Crippen molar-refractivity contribution in [2.24, 2.45) is 0 Å². The molecule has 192 valence electrons. The molecule has 1 aliphatic heterocycles. The third kappa shape index (κ3) is 5.83. The van der Waals surface area contributed by atoms with Crippen LogP contribution in [0.2, 0.25) is 10.0 Å². The number of imide groups is 1. The number of hydrogen-bond acceptors (Lipinski definition) is 5. The van der Waals surface area contributed by atoms with Gasteiger partial charge in [-0.15, -0.1) is 0 Å². The van der Waals surface area contributed by atoms with E-state index in [4.69, 9.17) is 32.7 Å². The number of nitrogens with zero attached hydrogens (tertiary/aromatic N) is 1. The Morgan fingerprint density at radius 2 is 1.68 bits per heavy atom. The van der Waals surface area contributed by atoms with Crippen LogP contribution in [0, 0.1) is 0 Å². The number of carbonyl (C=O) groups is 2. The summed E-state index contributed by atoms with van der Waals surface area (Å²) >= 11 is 13.1. The van der Waals surface area contributed by atoms with Crippen LogP contribution in [0.3, 0.4) is 0 Å². The monoisotopic (exact) mass is 563 g/mol. The summed E-state index contributed by atoms with van der Waals surface area (Å²) in [5.74, 6) is 0.789. The highest BCUT2D eigenvalue weighted by atomic mass is 35.5. The molecular formula is C30H23Cl2NO4S. The van der Waals surface area contributed by atoms with Gasteiger partial charge >= 0.3 is 0 Å². The van der Waals surface area contributed by atoms with Crippen molar-refractivity contribution in [2.45, 2.75) is 20.1 Å². The molecule has 1 fully saturated rings. The molecule has 5 rings (SSSR count). The first kappa shape index (κ1) is 26.2. The molecule has 2 amide bonds. The topological polar surface area (TPSA) is 55.8 Å². The highest BCUT2D eigenvalue weighted by molar-refractivity contribution is 8.18. The Morgan fingerprint density at radius 3 is 2.47 bits per heavy atom. The van der Waals surface area contributed by atoms with Crippen LogP contribution in [0.15, 0.2) is 83.8 Å². The van der Waals surface area contributed by atoms with Crippen molar-refractivity contribution < 1.29 is 19.1 Å². The minimum atomic E-state index is -0.374. The molecular weight excluding hydrogens is 541 g/mol. The van der Waals surface area contributed by atoms with Crippen LogP contribution in [0.1, 0.15) is 23.6 Å². The summed E-state index contributed by atoms with van der Waals surface area (Å²) in [7, 11) is 0. The molecule has 38 heavy (non-hydrogen) atoms. The molecule has 8 heteroatoms. The van der Waals surface area contributed by atoms with E-state index in [1.165, 1.54) is 10.3 Å². The fraction of sp³-hybridized carbons (Fsp3) is 0.133. The maximum Gasteiger partial charge on any atom is 0.293 e. The van der Waals surface area contributed by atoms with Gasteiger partial charge in [0.25, 0.3) is 11.1 Å². The zero-order chi connectivity index (χ0) is 26.6. The number of rotatable bonds is 8. The SMILES string of the molecule is CCOc1cc(/C=C2/SC(=O)N(Cc3ccc(Cl)cc3Cl)C2=O)ccc1OCc1ccc2ccccc2c1. The van der Waals surface area contributed by atoms with Gasteiger partial charge in [-0.05, 0) is 82.6 Å². The fourth-order valence-corrected chi connectivity index (χ4v) is 5.41. The Balaban J connectivity index is 1.32. The summed E-state index contributed by atoms with van der Waals surface area (Å²) in [5.41, 5.74) is 2.41. The second-order valence-electron chi connectivity index (χ2n) is 8.61. The Kier molecular flexibility index (Phi) is 7.93. The number of halogens is 2. The van der Waals surface area contributed by atoms with Crippen molar-refractivity contribution in [3.8, 4) is 11.5 Å².